The molecule has 5 nitrogen and oxygen atoms in total. The molecule has 2 aromatic carbocycles. The van der Waals surface area contributed by atoms with E-state index in [-0.39, 0.29) is 6.03 Å². The van der Waals surface area contributed by atoms with Gasteiger partial charge >= 0.3 is 6.03 Å². The van der Waals surface area contributed by atoms with Crippen molar-refractivity contribution in [2.24, 2.45) is 0 Å². The van der Waals surface area contributed by atoms with Crippen LogP contribution in [0.25, 0.3) is 10.9 Å². The molecule has 5 heteroatoms. The smallest absolute Gasteiger partial charge is 0.308 e. The molecule has 3 N–H and O–H groups in total. The highest BCUT2D eigenvalue weighted by Crippen LogP contribution is 2.19. The molecule has 0 atom stereocenters. The lowest BCUT2D eigenvalue weighted by Crippen LogP contribution is -2.19. The SMILES string of the molecule is Cc1cccc(NC(=O)Nc2n[nH]c3ccccc23)c1. The molecule has 0 aliphatic heterocycles. The Morgan fingerprint density at radius 2 is 1.95 bits per heavy atom. The van der Waals surface area contributed by atoms with E-state index < -0.39 is 0 Å². The zero-order valence-electron chi connectivity index (χ0n) is 11.0. The van der Waals surface area contributed by atoms with Gasteiger partial charge in [0.25, 0.3) is 0 Å². The van der Waals surface area contributed by atoms with Crippen molar-refractivity contribution >= 4 is 28.4 Å². The molecule has 0 aliphatic rings. The molecule has 100 valence electrons. The number of amides is 2. The van der Waals surface area contributed by atoms with Crippen LogP contribution in [-0.4, -0.2) is 16.2 Å². The van der Waals surface area contributed by atoms with Gasteiger partial charge in [-0.2, -0.15) is 5.10 Å². The molecule has 1 heterocycles. The van der Waals surface area contributed by atoms with E-state index in [1.54, 1.807) is 0 Å². The molecule has 0 fully saturated rings. The fourth-order valence-electron chi connectivity index (χ4n) is 2.05. The van der Waals surface area contributed by atoms with Crippen molar-refractivity contribution in [2.45, 2.75) is 6.92 Å². The first-order chi connectivity index (χ1) is 9.72. The third-order valence-corrected chi connectivity index (χ3v) is 2.98. The number of fused-ring (bicyclic) bond motifs is 1. The number of aromatic nitrogens is 2. The fraction of sp³-hybridized carbons (Fsp3) is 0.0667. The molecule has 3 rings (SSSR count). The molecule has 0 spiro atoms. The largest absolute Gasteiger partial charge is 0.324 e. The molecule has 0 saturated heterocycles. The Hall–Kier alpha value is -2.82. The van der Waals surface area contributed by atoms with E-state index in [1.807, 2.05) is 55.5 Å². The lowest BCUT2D eigenvalue weighted by Gasteiger charge is -2.06. The molecule has 0 saturated carbocycles. The Bertz CT molecular complexity index is 763. The van der Waals surface area contributed by atoms with Gasteiger partial charge in [0.05, 0.1) is 5.52 Å². The van der Waals surface area contributed by atoms with Crippen LogP contribution in [0.4, 0.5) is 16.3 Å². The quantitative estimate of drug-likeness (QED) is 0.664. The van der Waals surface area contributed by atoms with Crippen LogP contribution in [0.2, 0.25) is 0 Å². The summed E-state index contributed by atoms with van der Waals surface area (Å²) in [5.41, 5.74) is 2.73. The van der Waals surface area contributed by atoms with E-state index in [9.17, 15) is 4.79 Å². The summed E-state index contributed by atoms with van der Waals surface area (Å²) in [6, 6.07) is 14.9. The van der Waals surface area contributed by atoms with Gasteiger partial charge in [0, 0.05) is 11.1 Å². The van der Waals surface area contributed by atoms with Gasteiger partial charge in [-0.3, -0.25) is 10.4 Å². The number of aromatic amines is 1. The number of benzene rings is 2. The summed E-state index contributed by atoms with van der Waals surface area (Å²) in [7, 11) is 0. The minimum atomic E-state index is -0.312. The first kappa shape index (κ1) is 12.2. The van der Waals surface area contributed by atoms with Gasteiger partial charge in [-0.15, -0.1) is 0 Å². The van der Waals surface area contributed by atoms with Crippen molar-refractivity contribution in [3.63, 3.8) is 0 Å². The Morgan fingerprint density at radius 1 is 1.10 bits per heavy atom. The first-order valence-corrected chi connectivity index (χ1v) is 6.30. The molecule has 20 heavy (non-hydrogen) atoms. The van der Waals surface area contributed by atoms with Gasteiger partial charge in [-0.25, -0.2) is 4.79 Å². The number of nitrogens with one attached hydrogen (secondary N) is 3. The Kier molecular flexibility index (Phi) is 3.09. The van der Waals surface area contributed by atoms with E-state index in [4.69, 9.17) is 0 Å². The Labute approximate surface area is 116 Å². The number of hydrogen-bond donors (Lipinski definition) is 3. The monoisotopic (exact) mass is 266 g/mol. The summed E-state index contributed by atoms with van der Waals surface area (Å²) < 4.78 is 0. The molecular formula is C15H14N4O. The number of urea groups is 1. The number of carbonyl (C=O) groups excluding carboxylic acids is 1. The lowest BCUT2D eigenvalue weighted by molar-refractivity contribution is 0.262. The number of hydrogen-bond acceptors (Lipinski definition) is 2. The van der Waals surface area contributed by atoms with E-state index in [1.165, 1.54) is 0 Å². The van der Waals surface area contributed by atoms with Crippen LogP contribution in [-0.2, 0) is 0 Å². The van der Waals surface area contributed by atoms with Crippen LogP contribution in [0.1, 0.15) is 5.56 Å². The summed E-state index contributed by atoms with van der Waals surface area (Å²) >= 11 is 0. The number of para-hydroxylation sites is 1. The molecule has 0 radical (unpaired) electrons. The van der Waals surface area contributed by atoms with Gasteiger partial charge < -0.3 is 5.32 Å². The second-order valence-electron chi connectivity index (χ2n) is 4.57. The Balaban J connectivity index is 1.76. The van der Waals surface area contributed by atoms with Crippen molar-refractivity contribution < 1.29 is 4.79 Å². The van der Waals surface area contributed by atoms with Crippen LogP contribution in [0.15, 0.2) is 48.5 Å². The van der Waals surface area contributed by atoms with Gasteiger partial charge in [-0.05, 0) is 36.8 Å². The van der Waals surface area contributed by atoms with Crippen LogP contribution < -0.4 is 10.6 Å². The van der Waals surface area contributed by atoms with Crippen molar-refractivity contribution in [1.29, 1.82) is 0 Å². The summed E-state index contributed by atoms with van der Waals surface area (Å²) in [4.78, 5) is 12.0. The summed E-state index contributed by atoms with van der Waals surface area (Å²) in [5.74, 6) is 0.519. The molecule has 0 unspecified atom stereocenters. The summed E-state index contributed by atoms with van der Waals surface area (Å²) in [5, 5.41) is 13.4. The molecular weight excluding hydrogens is 252 g/mol. The average Bonchev–Trinajstić information content (AvgIpc) is 2.82. The fourth-order valence-corrected chi connectivity index (χ4v) is 2.05. The van der Waals surface area contributed by atoms with Crippen molar-refractivity contribution in [3.05, 3.63) is 54.1 Å². The predicted molar refractivity (Wildman–Crippen MR) is 79.9 cm³/mol. The first-order valence-electron chi connectivity index (χ1n) is 6.30. The molecule has 0 bridgehead atoms. The second-order valence-corrected chi connectivity index (χ2v) is 4.57. The topological polar surface area (TPSA) is 69.8 Å². The van der Waals surface area contributed by atoms with E-state index in [0.29, 0.717) is 5.82 Å². The molecule has 0 aliphatic carbocycles. The van der Waals surface area contributed by atoms with Crippen molar-refractivity contribution in [2.75, 3.05) is 10.6 Å². The van der Waals surface area contributed by atoms with Gasteiger partial charge in [-0.1, -0.05) is 24.3 Å². The van der Waals surface area contributed by atoms with Crippen LogP contribution >= 0.6 is 0 Å². The van der Waals surface area contributed by atoms with Gasteiger partial charge in [0.1, 0.15) is 0 Å². The number of anilines is 2. The molecule has 3 aromatic rings. The lowest BCUT2D eigenvalue weighted by atomic mass is 10.2. The van der Waals surface area contributed by atoms with Crippen LogP contribution in [0.3, 0.4) is 0 Å². The van der Waals surface area contributed by atoms with Gasteiger partial charge in [0.15, 0.2) is 5.82 Å². The number of carbonyl (C=O) groups is 1. The second kappa shape index (κ2) is 5.05. The summed E-state index contributed by atoms with van der Waals surface area (Å²) in [6.45, 7) is 1.98. The van der Waals surface area contributed by atoms with Crippen LogP contribution in [0, 0.1) is 6.92 Å². The Morgan fingerprint density at radius 3 is 2.80 bits per heavy atom. The number of aryl methyl sites for hydroxylation is 1. The third-order valence-electron chi connectivity index (χ3n) is 2.98. The van der Waals surface area contributed by atoms with Gasteiger partial charge in [0.2, 0.25) is 0 Å². The highest BCUT2D eigenvalue weighted by molar-refractivity contribution is 6.04. The van der Waals surface area contributed by atoms with E-state index >= 15 is 0 Å². The highest BCUT2D eigenvalue weighted by Gasteiger charge is 2.08. The number of H-pyrrole nitrogens is 1. The zero-order valence-corrected chi connectivity index (χ0v) is 11.0. The minimum absolute atomic E-state index is 0.312. The minimum Gasteiger partial charge on any atom is -0.308 e. The van der Waals surface area contributed by atoms with Crippen molar-refractivity contribution in [1.82, 2.24) is 10.2 Å². The highest BCUT2D eigenvalue weighted by atomic mass is 16.2. The predicted octanol–water partition coefficient (Wildman–Crippen LogP) is 3.52. The summed E-state index contributed by atoms with van der Waals surface area (Å²) in [6.07, 6.45) is 0. The number of nitrogens with zero attached hydrogens (tertiary/aromatic N) is 1. The third kappa shape index (κ3) is 2.47. The maximum absolute atomic E-state index is 12.0. The molecule has 2 amide bonds. The van der Waals surface area contributed by atoms with E-state index in [2.05, 4.69) is 20.8 Å². The zero-order chi connectivity index (χ0) is 13.9. The van der Waals surface area contributed by atoms with E-state index in [0.717, 1.165) is 22.2 Å². The number of rotatable bonds is 2. The van der Waals surface area contributed by atoms with Crippen LogP contribution in [0.5, 0.6) is 0 Å². The molecule has 1 aromatic heterocycles. The normalized spacial score (nSPS) is 10.4. The maximum atomic E-state index is 12.0. The van der Waals surface area contributed by atoms with Crippen molar-refractivity contribution in [3.8, 4) is 0 Å². The standard InChI is InChI=1S/C15H14N4O/c1-10-5-4-6-11(9-10)16-15(20)17-14-12-7-2-3-8-13(12)18-19-14/h2-9H,1H3,(H3,16,17,18,19,20). The maximum Gasteiger partial charge on any atom is 0.324 e. The average molecular weight is 266 g/mol.